The van der Waals surface area contributed by atoms with E-state index in [-0.39, 0.29) is 5.56 Å². The Morgan fingerprint density at radius 3 is 2.04 bits per heavy atom. The van der Waals surface area contributed by atoms with E-state index in [1.165, 1.54) is 17.7 Å². The summed E-state index contributed by atoms with van der Waals surface area (Å²) in [5, 5.41) is 13.1. The minimum absolute atomic E-state index is 0.240. The smallest absolute Gasteiger partial charge is 0.335 e. The van der Waals surface area contributed by atoms with Crippen LogP contribution in [-0.2, 0) is 0 Å². The summed E-state index contributed by atoms with van der Waals surface area (Å²) in [5.74, 6) is 1.11. The van der Waals surface area contributed by atoms with Crippen LogP contribution in [0.15, 0.2) is 77.9 Å². The number of nitrogens with one attached hydrogen (secondary N) is 1. The van der Waals surface area contributed by atoms with Gasteiger partial charge in [0.25, 0.3) is 0 Å². The predicted octanol–water partition coefficient (Wildman–Crippen LogP) is 5.75. The fraction of sp³-hybridized carbons (Fsp3) is 0.130. The Kier molecular flexibility index (Phi) is 6.07. The Morgan fingerprint density at radius 1 is 0.929 bits per heavy atom. The molecule has 0 aliphatic rings. The Hall–Kier alpha value is -3.60. The number of ether oxygens (including phenoxy) is 1. The van der Waals surface area contributed by atoms with Crippen LogP contribution >= 0.6 is 0 Å². The van der Waals surface area contributed by atoms with Gasteiger partial charge in [0.15, 0.2) is 0 Å². The van der Waals surface area contributed by atoms with Crippen molar-refractivity contribution in [2.24, 2.45) is 5.10 Å². The minimum atomic E-state index is -0.951. The normalized spacial score (nSPS) is 11.0. The van der Waals surface area contributed by atoms with Crippen LogP contribution in [0.25, 0.3) is 0 Å². The summed E-state index contributed by atoms with van der Waals surface area (Å²) >= 11 is 0. The molecule has 3 aromatic carbocycles. The van der Waals surface area contributed by atoms with Crippen LogP contribution in [0.3, 0.4) is 0 Å². The molecule has 0 radical (unpaired) electrons. The number of nitrogens with zero attached hydrogens (tertiary/aromatic N) is 1. The van der Waals surface area contributed by atoms with Gasteiger partial charge < -0.3 is 9.84 Å². The molecule has 0 aromatic heterocycles. The summed E-state index contributed by atoms with van der Waals surface area (Å²) in [6.45, 7) is 4.33. The molecule has 142 valence electrons. The van der Waals surface area contributed by atoms with Crippen molar-refractivity contribution in [1.29, 1.82) is 0 Å². The summed E-state index contributed by atoms with van der Waals surface area (Å²) < 4.78 is 5.86. The highest BCUT2D eigenvalue weighted by atomic mass is 16.5. The summed E-state index contributed by atoms with van der Waals surface area (Å²) in [6, 6.07) is 22.1. The van der Waals surface area contributed by atoms with E-state index in [1.54, 1.807) is 18.3 Å². The maximum Gasteiger partial charge on any atom is 0.335 e. The maximum atomic E-state index is 10.8. The molecule has 0 saturated carbocycles. The van der Waals surface area contributed by atoms with Crippen molar-refractivity contribution in [3.8, 4) is 11.5 Å². The molecule has 5 heteroatoms. The Morgan fingerprint density at radius 2 is 1.50 bits per heavy atom. The van der Waals surface area contributed by atoms with Crippen LogP contribution in [0.1, 0.15) is 41.3 Å². The van der Waals surface area contributed by atoms with Crippen LogP contribution in [0.2, 0.25) is 0 Å². The SMILES string of the molecule is CC(C)c1ccc(Oc2ccc(C=NNc3ccc(C(=O)O)cc3)cc2)cc1. The second kappa shape index (κ2) is 8.86. The lowest BCUT2D eigenvalue weighted by Gasteiger charge is -2.08. The van der Waals surface area contributed by atoms with Gasteiger partial charge in [-0.25, -0.2) is 4.79 Å². The number of aromatic carboxylic acids is 1. The van der Waals surface area contributed by atoms with E-state index in [4.69, 9.17) is 9.84 Å². The number of carbonyl (C=O) groups is 1. The van der Waals surface area contributed by atoms with Crippen LogP contribution < -0.4 is 10.2 Å². The van der Waals surface area contributed by atoms with Crippen molar-refractivity contribution in [2.45, 2.75) is 19.8 Å². The van der Waals surface area contributed by atoms with Crippen molar-refractivity contribution in [3.05, 3.63) is 89.5 Å². The number of carboxylic acid groups (broad SMARTS) is 1. The van der Waals surface area contributed by atoms with Crippen molar-refractivity contribution in [1.82, 2.24) is 0 Å². The van der Waals surface area contributed by atoms with Gasteiger partial charge in [0.1, 0.15) is 11.5 Å². The molecule has 3 rings (SSSR count). The zero-order chi connectivity index (χ0) is 19.9. The van der Waals surface area contributed by atoms with Gasteiger partial charge in [0, 0.05) is 0 Å². The van der Waals surface area contributed by atoms with Gasteiger partial charge in [-0.1, -0.05) is 26.0 Å². The van der Waals surface area contributed by atoms with Crippen molar-refractivity contribution < 1.29 is 14.6 Å². The first-order chi connectivity index (χ1) is 13.5. The van der Waals surface area contributed by atoms with Gasteiger partial charge in [-0.05, 0) is 77.7 Å². The largest absolute Gasteiger partial charge is 0.478 e. The second-order valence-corrected chi connectivity index (χ2v) is 6.65. The number of hydrogen-bond acceptors (Lipinski definition) is 4. The van der Waals surface area contributed by atoms with Gasteiger partial charge >= 0.3 is 5.97 Å². The summed E-state index contributed by atoms with van der Waals surface area (Å²) in [4.78, 5) is 10.8. The first-order valence-corrected chi connectivity index (χ1v) is 9.01. The third-order valence-corrected chi connectivity index (χ3v) is 4.20. The van der Waals surface area contributed by atoms with Gasteiger partial charge in [-0.3, -0.25) is 5.43 Å². The molecular weight excluding hydrogens is 352 g/mol. The molecule has 0 aliphatic heterocycles. The average molecular weight is 374 g/mol. The van der Waals surface area contributed by atoms with Gasteiger partial charge in [0.2, 0.25) is 0 Å². The average Bonchev–Trinajstić information content (AvgIpc) is 2.70. The van der Waals surface area contributed by atoms with Crippen LogP contribution in [-0.4, -0.2) is 17.3 Å². The first-order valence-electron chi connectivity index (χ1n) is 9.01. The van der Waals surface area contributed by atoms with Crippen molar-refractivity contribution >= 4 is 17.9 Å². The Balaban J connectivity index is 1.56. The van der Waals surface area contributed by atoms with Crippen molar-refractivity contribution in [2.75, 3.05) is 5.43 Å². The van der Waals surface area contributed by atoms with Crippen LogP contribution in [0, 0.1) is 0 Å². The second-order valence-electron chi connectivity index (χ2n) is 6.65. The van der Waals surface area contributed by atoms with Crippen LogP contribution in [0.5, 0.6) is 11.5 Å². The third kappa shape index (κ3) is 5.20. The molecule has 5 nitrogen and oxygen atoms in total. The zero-order valence-corrected chi connectivity index (χ0v) is 15.8. The summed E-state index contributed by atoms with van der Waals surface area (Å²) in [5.41, 5.74) is 6.02. The molecule has 28 heavy (non-hydrogen) atoms. The number of hydrogen-bond donors (Lipinski definition) is 2. The highest BCUT2D eigenvalue weighted by Crippen LogP contribution is 2.24. The molecule has 3 aromatic rings. The molecule has 0 unspecified atom stereocenters. The number of anilines is 1. The Bertz CT molecular complexity index is 945. The molecular formula is C23H22N2O3. The highest BCUT2D eigenvalue weighted by Gasteiger charge is 2.02. The first kappa shape index (κ1) is 19.2. The molecule has 0 spiro atoms. The monoisotopic (exact) mass is 374 g/mol. The summed E-state index contributed by atoms with van der Waals surface area (Å²) in [7, 11) is 0. The van der Waals surface area contributed by atoms with E-state index >= 15 is 0 Å². The quantitative estimate of drug-likeness (QED) is 0.408. The lowest BCUT2D eigenvalue weighted by molar-refractivity contribution is 0.0697. The number of benzene rings is 3. The van der Waals surface area contributed by atoms with E-state index in [1.807, 2.05) is 36.4 Å². The fourth-order valence-electron chi connectivity index (χ4n) is 2.55. The minimum Gasteiger partial charge on any atom is -0.478 e. The number of hydrazone groups is 1. The zero-order valence-electron chi connectivity index (χ0n) is 15.8. The summed E-state index contributed by atoms with van der Waals surface area (Å²) in [6.07, 6.45) is 1.69. The highest BCUT2D eigenvalue weighted by molar-refractivity contribution is 5.88. The lowest BCUT2D eigenvalue weighted by Crippen LogP contribution is -1.96. The third-order valence-electron chi connectivity index (χ3n) is 4.20. The van der Waals surface area contributed by atoms with E-state index < -0.39 is 5.97 Å². The number of rotatable bonds is 7. The van der Waals surface area contributed by atoms with Crippen molar-refractivity contribution in [3.63, 3.8) is 0 Å². The molecule has 0 aliphatic carbocycles. The predicted molar refractivity (Wildman–Crippen MR) is 112 cm³/mol. The maximum absolute atomic E-state index is 10.8. The molecule has 0 bridgehead atoms. The molecule has 2 N–H and O–H groups in total. The molecule has 0 amide bonds. The van der Waals surface area contributed by atoms with Gasteiger partial charge in [0.05, 0.1) is 17.5 Å². The van der Waals surface area contributed by atoms with Gasteiger partial charge in [-0.2, -0.15) is 5.10 Å². The van der Waals surface area contributed by atoms with E-state index in [0.29, 0.717) is 11.6 Å². The molecule has 0 atom stereocenters. The van der Waals surface area contributed by atoms with Crippen LogP contribution in [0.4, 0.5) is 5.69 Å². The molecule has 0 fully saturated rings. The topological polar surface area (TPSA) is 70.9 Å². The van der Waals surface area contributed by atoms with E-state index in [9.17, 15) is 4.79 Å². The number of carboxylic acids is 1. The lowest BCUT2D eigenvalue weighted by atomic mass is 10.0. The van der Waals surface area contributed by atoms with Gasteiger partial charge in [-0.15, -0.1) is 0 Å². The Labute approximate surface area is 164 Å². The fourth-order valence-corrected chi connectivity index (χ4v) is 2.55. The van der Waals surface area contributed by atoms with E-state index in [0.717, 1.165) is 17.1 Å². The van der Waals surface area contributed by atoms with E-state index in [2.05, 4.69) is 36.5 Å². The molecule has 0 saturated heterocycles. The standard InChI is InChI=1S/C23H22N2O3/c1-16(2)18-7-13-22(14-8-18)28-21-11-3-17(4-12-21)15-24-25-20-9-5-19(6-10-20)23(26)27/h3-16,25H,1-2H3,(H,26,27). The molecule has 0 heterocycles.